The van der Waals surface area contributed by atoms with Gasteiger partial charge < -0.3 is 9.47 Å². The lowest BCUT2D eigenvalue weighted by atomic mass is 10.1. The molecule has 2 aliphatic rings. The average Bonchev–Trinajstić information content (AvgIpc) is 3.39. The van der Waals surface area contributed by atoms with Crippen LogP contribution in [0.1, 0.15) is 56.8 Å². The molecule has 4 rings (SSSR count). The Kier molecular flexibility index (Phi) is 5.79. The first-order chi connectivity index (χ1) is 12.7. The lowest BCUT2D eigenvalue weighted by molar-refractivity contribution is -0.132. The van der Waals surface area contributed by atoms with Crippen LogP contribution in [-0.2, 0) is 11.8 Å². The third-order valence-corrected chi connectivity index (χ3v) is 8.59. The molecule has 2 aromatic rings. The molecule has 1 amide bonds. The van der Waals surface area contributed by atoms with E-state index in [4.69, 9.17) is 4.98 Å². The Hall–Kier alpha value is -1.14. The molecule has 140 valence electrons. The van der Waals surface area contributed by atoms with Gasteiger partial charge in [0.25, 0.3) is 0 Å². The quantitative estimate of drug-likeness (QED) is 0.517. The smallest absolute Gasteiger partial charge is 0.223 e. The summed E-state index contributed by atoms with van der Waals surface area (Å²) in [7, 11) is 6.11. The van der Waals surface area contributed by atoms with E-state index in [9.17, 15) is 4.79 Å². The fraction of sp³-hybridized carbons (Fsp3) is 0.600. The Balaban J connectivity index is 1.37. The van der Waals surface area contributed by atoms with Gasteiger partial charge in [0.1, 0.15) is 5.82 Å². The predicted molar refractivity (Wildman–Crippen MR) is 111 cm³/mol. The molecule has 0 radical (unpaired) electrons. The fourth-order valence-electron chi connectivity index (χ4n) is 4.15. The van der Waals surface area contributed by atoms with E-state index in [-0.39, 0.29) is 6.04 Å². The minimum Gasteiger partial charge on any atom is -0.333 e. The Bertz CT molecular complexity index is 770. The second kappa shape index (κ2) is 8.26. The van der Waals surface area contributed by atoms with Crippen LogP contribution >= 0.6 is 21.6 Å². The van der Waals surface area contributed by atoms with Gasteiger partial charge in [-0.25, -0.2) is 4.98 Å². The van der Waals surface area contributed by atoms with Crippen LogP contribution in [0.25, 0.3) is 11.0 Å². The van der Waals surface area contributed by atoms with Crippen LogP contribution in [-0.4, -0.2) is 37.9 Å². The third-order valence-electron chi connectivity index (χ3n) is 5.59. The summed E-state index contributed by atoms with van der Waals surface area (Å²) < 4.78 is 2.17. The number of benzene rings is 1. The number of aromatic nitrogens is 2. The average molecular weight is 390 g/mol. The van der Waals surface area contributed by atoms with Gasteiger partial charge in [0.15, 0.2) is 0 Å². The first-order valence-electron chi connectivity index (χ1n) is 9.73. The molecule has 6 heteroatoms. The van der Waals surface area contributed by atoms with E-state index < -0.39 is 0 Å². The second-order valence-electron chi connectivity index (χ2n) is 7.34. The van der Waals surface area contributed by atoms with E-state index in [2.05, 4.69) is 28.6 Å². The van der Waals surface area contributed by atoms with Gasteiger partial charge in [-0.2, -0.15) is 0 Å². The van der Waals surface area contributed by atoms with E-state index >= 15 is 0 Å². The number of carbonyl (C=O) groups is 1. The monoisotopic (exact) mass is 389 g/mol. The lowest BCUT2D eigenvalue weighted by Gasteiger charge is -2.24. The van der Waals surface area contributed by atoms with Crippen LogP contribution < -0.4 is 0 Å². The van der Waals surface area contributed by atoms with Crippen molar-refractivity contribution in [3.8, 4) is 0 Å². The van der Waals surface area contributed by atoms with Crippen LogP contribution in [0.5, 0.6) is 0 Å². The molecule has 0 aliphatic carbocycles. The van der Waals surface area contributed by atoms with Crippen LogP contribution in [0.4, 0.5) is 0 Å². The van der Waals surface area contributed by atoms with Crippen molar-refractivity contribution in [1.29, 1.82) is 0 Å². The highest BCUT2D eigenvalue weighted by atomic mass is 33.1. The summed E-state index contributed by atoms with van der Waals surface area (Å²) in [5.74, 6) is 2.64. The van der Waals surface area contributed by atoms with Crippen molar-refractivity contribution >= 4 is 38.5 Å². The van der Waals surface area contributed by atoms with Crippen molar-refractivity contribution in [1.82, 2.24) is 14.5 Å². The molecule has 2 saturated heterocycles. The van der Waals surface area contributed by atoms with Gasteiger partial charge in [-0.3, -0.25) is 4.79 Å². The number of unbranched alkanes of at least 4 members (excludes halogenated alkanes) is 1. The molecule has 26 heavy (non-hydrogen) atoms. The van der Waals surface area contributed by atoms with Crippen molar-refractivity contribution < 1.29 is 4.79 Å². The number of hydrogen-bond donors (Lipinski definition) is 0. The predicted octanol–water partition coefficient (Wildman–Crippen LogP) is 4.95. The highest BCUT2D eigenvalue weighted by molar-refractivity contribution is 8.77. The lowest BCUT2D eigenvalue weighted by Crippen LogP contribution is -2.31. The van der Waals surface area contributed by atoms with Gasteiger partial charge in [0.05, 0.1) is 17.1 Å². The van der Waals surface area contributed by atoms with Gasteiger partial charge in [0.2, 0.25) is 5.91 Å². The Morgan fingerprint density at radius 2 is 2.15 bits per heavy atom. The summed E-state index contributed by atoms with van der Waals surface area (Å²) >= 11 is 0. The summed E-state index contributed by atoms with van der Waals surface area (Å²) in [4.78, 5) is 19.8. The van der Waals surface area contributed by atoms with E-state index in [1.54, 1.807) is 0 Å². The highest BCUT2D eigenvalue weighted by Gasteiger charge is 2.32. The number of hydrogen-bond acceptors (Lipinski definition) is 4. The maximum atomic E-state index is 12.8. The molecule has 0 saturated carbocycles. The largest absolute Gasteiger partial charge is 0.333 e. The molecule has 4 nitrogen and oxygen atoms in total. The summed E-state index contributed by atoms with van der Waals surface area (Å²) in [5, 5.41) is 0.814. The summed E-state index contributed by atoms with van der Waals surface area (Å²) in [5.41, 5.74) is 2.17. The molecule has 0 spiro atoms. The van der Waals surface area contributed by atoms with E-state index in [1.807, 2.05) is 33.7 Å². The number of nitrogens with zero attached hydrogens (tertiary/aromatic N) is 3. The SMILES string of the molecule is Cn1c(C2CCCN2C(=O)CCCCC2CCSS2)nc2ccccc21. The van der Waals surface area contributed by atoms with Crippen molar-refractivity contribution in [3.05, 3.63) is 30.1 Å². The third kappa shape index (κ3) is 3.77. The summed E-state index contributed by atoms with van der Waals surface area (Å²) in [6.07, 6.45) is 7.59. The van der Waals surface area contributed by atoms with Crippen LogP contribution in [0.3, 0.4) is 0 Å². The van der Waals surface area contributed by atoms with E-state index in [1.165, 1.54) is 25.0 Å². The van der Waals surface area contributed by atoms with Crippen LogP contribution in [0.2, 0.25) is 0 Å². The molecule has 2 fully saturated rings. The number of imidazole rings is 1. The van der Waals surface area contributed by atoms with Gasteiger partial charge in [-0.1, -0.05) is 40.1 Å². The summed E-state index contributed by atoms with van der Waals surface area (Å²) in [6.45, 7) is 0.877. The Morgan fingerprint density at radius 1 is 1.27 bits per heavy atom. The molecular weight excluding hydrogens is 362 g/mol. The minimum atomic E-state index is 0.140. The highest BCUT2D eigenvalue weighted by Crippen LogP contribution is 2.40. The number of rotatable bonds is 6. The van der Waals surface area contributed by atoms with Crippen molar-refractivity contribution in [2.24, 2.45) is 7.05 Å². The maximum Gasteiger partial charge on any atom is 0.223 e. The maximum absolute atomic E-state index is 12.8. The number of likely N-dealkylation sites (tertiary alicyclic amines) is 1. The number of para-hydroxylation sites is 2. The molecule has 2 unspecified atom stereocenters. The molecule has 0 bridgehead atoms. The van der Waals surface area contributed by atoms with E-state index in [0.717, 1.165) is 47.9 Å². The molecule has 1 aromatic carbocycles. The van der Waals surface area contributed by atoms with Gasteiger partial charge in [0, 0.05) is 31.0 Å². The zero-order valence-corrected chi connectivity index (χ0v) is 17.0. The van der Waals surface area contributed by atoms with Crippen LogP contribution in [0, 0.1) is 0 Å². The van der Waals surface area contributed by atoms with Crippen molar-refractivity contribution in [2.75, 3.05) is 12.3 Å². The molecule has 3 heterocycles. The second-order valence-corrected chi connectivity index (χ2v) is 10.1. The normalized spacial score (nSPS) is 23.2. The first kappa shape index (κ1) is 18.2. The number of aryl methyl sites for hydroxylation is 1. The van der Waals surface area contributed by atoms with Crippen LogP contribution in [0.15, 0.2) is 24.3 Å². The molecule has 1 aromatic heterocycles. The standard InChI is InChI=1S/C20H27N3OS2/c1-22-17-9-4-3-8-16(17)21-20(22)18-10-6-13-23(18)19(24)11-5-2-7-15-12-14-25-26-15/h3-4,8-9,15,18H,2,5-7,10-14H2,1H3. The van der Waals surface area contributed by atoms with Gasteiger partial charge in [-0.15, -0.1) is 0 Å². The molecule has 2 aliphatic heterocycles. The van der Waals surface area contributed by atoms with Crippen molar-refractivity contribution in [2.45, 2.75) is 56.2 Å². The number of fused-ring (bicyclic) bond motifs is 1. The van der Waals surface area contributed by atoms with Gasteiger partial charge in [-0.05, 0) is 44.2 Å². The zero-order valence-electron chi connectivity index (χ0n) is 15.4. The minimum absolute atomic E-state index is 0.140. The fourth-order valence-corrected chi connectivity index (χ4v) is 7.18. The zero-order chi connectivity index (χ0) is 17.9. The first-order valence-corrected chi connectivity index (χ1v) is 12.1. The topological polar surface area (TPSA) is 38.1 Å². The number of amides is 1. The number of carbonyl (C=O) groups excluding carboxylic acids is 1. The van der Waals surface area contributed by atoms with E-state index in [0.29, 0.717) is 12.3 Å². The molecule has 2 atom stereocenters. The summed E-state index contributed by atoms with van der Waals surface area (Å²) in [6, 6.07) is 8.37. The van der Waals surface area contributed by atoms with Crippen molar-refractivity contribution in [3.63, 3.8) is 0 Å². The molecular formula is C20H27N3OS2. The van der Waals surface area contributed by atoms with Gasteiger partial charge >= 0.3 is 0 Å². The Labute approximate surface area is 163 Å². The Morgan fingerprint density at radius 3 is 2.96 bits per heavy atom. The molecule has 0 N–H and O–H groups in total.